The fraction of sp³-hybridized carbons (Fsp3) is 0.280. The van der Waals surface area contributed by atoms with Gasteiger partial charge in [-0.05, 0) is 12.1 Å². The summed E-state index contributed by atoms with van der Waals surface area (Å²) in [5.41, 5.74) is 3.15. The molecule has 10 heteroatoms. The van der Waals surface area contributed by atoms with E-state index in [9.17, 15) is 14.4 Å². The summed E-state index contributed by atoms with van der Waals surface area (Å²) in [5, 5.41) is 3.23. The largest absolute Gasteiger partial charge is 0.495 e. The molecule has 2 aliphatic heterocycles. The second-order valence-corrected chi connectivity index (χ2v) is 8.34. The molecule has 2 amide bonds. The second kappa shape index (κ2) is 9.49. The van der Waals surface area contributed by atoms with Crippen LogP contribution >= 0.6 is 0 Å². The van der Waals surface area contributed by atoms with Crippen LogP contribution in [0, 0.1) is 0 Å². The molecule has 5 rings (SSSR count). The first kappa shape index (κ1) is 22.5. The highest BCUT2D eigenvalue weighted by molar-refractivity contribution is 6.38. The Morgan fingerprint density at radius 3 is 2.34 bits per heavy atom. The van der Waals surface area contributed by atoms with Crippen LogP contribution in [0.1, 0.15) is 21.8 Å². The fourth-order valence-corrected chi connectivity index (χ4v) is 4.55. The number of carbonyl (C=O) groups is 3. The standard InChI is InChI=1S/C25H24N6O4/c1-35-19-14-29-21(17-11-26-15-27-12-17)22-20(19)18(13-28-22)23(32)25(34)31-9-7-30(8-10-31)24(33)16-5-3-2-4-6-16/h2-6,11-12,14-15,18,28H,7-10,13H2,1H3. The number of ether oxygens (including phenoxy) is 1. The summed E-state index contributed by atoms with van der Waals surface area (Å²) in [6, 6.07) is 9.03. The van der Waals surface area contributed by atoms with E-state index < -0.39 is 17.6 Å². The Labute approximate surface area is 202 Å². The van der Waals surface area contributed by atoms with E-state index in [4.69, 9.17) is 4.74 Å². The minimum Gasteiger partial charge on any atom is -0.495 e. The molecule has 0 bridgehead atoms. The van der Waals surface area contributed by atoms with Gasteiger partial charge in [-0.25, -0.2) is 9.97 Å². The normalized spacial score (nSPS) is 16.9. The lowest BCUT2D eigenvalue weighted by Gasteiger charge is -2.34. The van der Waals surface area contributed by atoms with Crippen molar-refractivity contribution in [2.45, 2.75) is 5.92 Å². The van der Waals surface area contributed by atoms with Gasteiger partial charge in [-0.2, -0.15) is 0 Å². The van der Waals surface area contributed by atoms with Crippen LogP contribution in [0.15, 0.2) is 55.2 Å². The monoisotopic (exact) mass is 472 g/mol. The average Bonchev–Trinajstić information content (AvgIpc) is 3.38. The highest BCUT2D eigenvalue weighted by Gasteiger charge is 2.39. The number of nitrogens with one attached hydrogen (secondary N) is 1. The molecule has 1 aromatic carbocycles. The number of hydrogen-bond donors (Lipinski definition) is 1. The van der Waals surface area contributed by atoms with Gasteiger partial charge >= 0.3 is 0 Å². The van der Waals surface area contributed by atoms with Crippen molar-refractivity contribution < 1.29 is 19.1 Å². The lowest BCUT2D eigenvalue weighted by Crippen LogP contribution is -2.52. The molecule has 1 atom stereocenters. The SMILES string of the molecule is COc1cnc(-c2cncnc2)c2c1C(C(=O)C(=O)N1CCN(C(=O)c3ccccc3)CC1)CN2. The first-order valence-electron chi connectivity index (χ1n) is 11.3. The number of fused-ring (bicyclic) bond motifs is 1. The third-order valence-electron chi connectivity index (χ3n) is 6.37. The predicted molar refractivity (Wildman–Crippen MR) is 127 cm³/mol. The van der Waals surface area contributed by atoms with Crippen LogP contribution in [-0.2, 0) is 9.59 Å². The molecule has 1 fully saturated rings. The number of rotatable bonds is 5. The molecule has 2 aromatic heterocycles. The number of amides is 2. The molecule has 1 saturated heterocycles. The van der Waals surface area contributed by atoms with Gasteiger partial charge in [0, 0.05) is 61.8 Å². The summed E-state index contributed by atoms with van der Waals surface area (Å²) in [6.07, 6.45) is 6.26. The maximum Gasteiger partial charge on any atom is 0.290 e. The van der Waals surface area contributed by atoms with Crippen molar-refractivity contribution in [3.63, 3.8) is 0 Å². The Morgan fingerprint density at radius 2 is 1.66 bits per heavy atom. The van der Waals surface area contributed by atoms with E-state index in [0.717, 1.165) is 0 Å². The third-order valence-corrected chi connectivity index (χ3v) is 6.37. The van der Waals surface area contributed by atoms with Crippen molar-refractivity contribution in [1.82, 2.24) is 24.8 Å². The van der Waals surface area contributed by atoms with Crippen LogP contribution in [-0.4, -0.2) is 82.2 Å². The minimum absolute atomic E-state index is 0.0763. The maximum atomic E-state index is 13.3. The molecule has 4 heterocycles. The van der Waals surface area contributed by atoms with E-state index in [0.29, 0.717) is 60.0 Å². The van der Waals surface area contributed by atoms with Gasteiger partial charge in [0.2, 0.25) is 5.78 Å². The molecule has 10 nitrogen and oxygen atoms in total. The van der Waals surface area contributed by atoms with Gasteiger partial charge in [-0.15, -0.1) is 0 Å². The molecule has 0 aliphatic carbocycles. The highest BCUT2D eigenvalue weighted by Crippen LogP contribution is 2.43. The Balaban J connectivity index is 1.32. The Kier molecular flexibility index (Phi) is 6.09. The summed E-state index contributed by atoms with van der Waals surface area (Å²) in [5.74, 6) is -1.41. The minimum atomic E-state index is -0.706. The van der Waals surface area contributed by atoms with Gasteiger partial charge in [0.25, 0.3) is 11.8 Å². The number of pyridine rings is 1. The van der Waals surface area contributed by atoms with Crippen LogP contribution in [0.5, 0.6) is 5.75 Å². The lowest BCUT2D eigenvalue weighted by atomic mass is 9.94. The molecule has 178 valence electrons. The van der Waals surface area contributed by atoms with Crippen molar-refractivity contribution in [2.24, 2.45) is 0 Å². The van der Waals surface area contributed by atoms with E-state index >= 15 is 0 Å². The maximum absolute atomic E-state index is 13.3. The Morgan fingerprint density at radius 1 is 0.971 bits per heavy atom. The number of Topliss-reactive ketones (excluding diaryl/α,β-unsaturated/α-hetero) is 1. The van der Waals surface area contributed by atoms with E-state index in [2.05, 4.69) is 20.3 Å². The number of piperazine rings is 1. The number of aromatic nitrogens is 3. The summed E-state index contributed by atoms with van der Waals surface area (Å²) < 4.78 is 5.48. The molecule has 0 saturated carbocycles. The van der Waals surface area contributed by atoms with Gasteiger partial charge in [-0.1, -0.05) is 18.2 Å². The molecule has 2 aliphatic rings. The van der Waals surface area contributed by atoms with Gasteiger partial charge in [0.15, 0.2) is 0 Å². The van der Waals surface area contributed by atoms with Crippen LogP contribution < -0.4 is 10.1 Å². The van der Waals surface area contributed by atoms with Gasteiger partial charge in [-0.3, -0.25) is 19.4 Å². The summed E-state index contributed by atoms with van der Waals surface area (Å²) in [7, 11) is 1.51. The van der Waals surface area contributed by atoms with Crippen molar-refractivity contribution >= 4 is 23.3 Å². The molecule has 1 N–H and O–H groups in total. The third kappa shape index (κ3) is 4.18. The molecule has 0 spiro atoms. The highest BCUT2D eigenvalue weighted by atomic mass is 16.5. The molecular formula is C25H24N6O4. The van der Waals surface area contributed by atoms with E-state index in [1.807, 2.05) is 18.2 Å². The van der Waals surface area contributed by atoms with Crippen molar-refractivity contribution in [2.75, 3.05) is 45.2 Å². The fourth-order valence-electron chi connectivity index (χ4n) is 4.55. The number of anilines is 1. The van der Waals surface area contributed by atoms with Crippen molar-refractivity contribution in [3.05, 3.63) is 66.4 Å². The van der Waals surface area contributed by atoms with Crippen LogP contribution in [0.2, 0.25) is 0 Å². The number of ketones is 1. The average molecular weight is 473 g/mol. The smallest absolute Gasteiger partial charge is 0.290 e. The Bertz CT molecular complexity index is 1260. The number of methoxy groups -OCH3 is 1. The van der Waals surface area contributed by atoms with Gasteiger partial charge in [0.05, 0.1) is 30.6 Å². The zero-order chi connectivity index (χ0) is 24.4. The first-order chi connectivity index (χ1) is 17.1. The number of benzene rings is 1. The van der Waals surface area contributed by atoms with Gasteiger partial charge in [0.1, 0.15) is 12.1 Å². The molecule has 1 unspecified atom stereocenters. The van der Waals surface area contributed by atoms with Crippen molar-refractivity contribution in [3.8, 4) is 17.0 Å². The van der Waals surface area contributed by atoms with E-state index in [-0.39, 0.29) is 12.5 Å². The van der Waals surface area contributed by atoms with Crippen LogP contribution in [0.4, 0.5) is 5.69 Å². The molecular weight excluding hydrogens is 448 g/mol. The summed E-state index contributed by atoms with van der Waals surface area (Å²) >= 11 is 0. The Hall–Kier alpha value is -4.34. The van der Waals surface area contributed by atoms with Gasteiger partial charge < -0.3 is 19.9 Å². The number of nitrogens with zero attached hydrogens (tertiary/aromatic N) is 5. The van der Waals surface area contributed by atoms with E-state index in [1.165, 1.54) is 18.3 Å². The first-order valence-corrected chi connectivity index (χ1v) is 11.3. The van der Waals surface area contributed by atoms with E-state index in [1.54, 1.807) is 35.6 Å². The number of carbonyl (C=O) groups excluding carboxylic acids is 3. The molecule has 0 radical (unpaired) electrons. The van der Waals surface area contributed by atoms with Crippen LogP contribution in [0.25, 0.3) is 11.3 Å². The van der Waals surface area contributed by atoms with Crippen LogP contribution in [0.3, 0.4) is 0 Å². The quantitative estimate of drug-likeness (QED) is 0.557. The summed E-state index contributed by atoms with van der Waals surface area (Å²) in [4.78, 5) is 55.0. The van der Waals surface area contributed by atoms with Crippen molar-refractivity contribution in [1.29, 1.82) is 0 Å². The zero-order valence-electron chi connectivity index (χ0n) is 19.2. The molecule has 3 aromatic rings. The molecule has 35 heavy (non-hydrogen) atoms. The second-order valence-electron chi connectivity index (χ2n) is 8.34. The summed E-state index contributed by atoms with van der Waals surface area (Å²) in [6.45, 7) is 1.61. The lowest BCUT2D eigenvalue weighted by molar-refractivity contribution is -0.146. The predicted octanol–water partition coefficient (Wildman–Crippen LogP) is 1.61. The zero-order valence-corrected chi connectivity index (χ0v) is 19.2. The number of hydrogen-bond acceptors (Lipinski definition) is 8. The topological polar surface area (TPSA) is 118 Å².